The molecule has 0 N–H and O–H groups in total. The fraction of sp³-hybridized carbons (Fsp3) is 0. The first-order chi connectivity index (χ1) is 28.2. The average molecular weight is 730 g/mol. The number of rotatable bonds is 7. The number of para-hydroxylation sites is 2. The zero-order valence-corrected chi connectivity index (χ0v) is 31.0. The molecule has 2 heterocycles. The van der Waals surface area contributed by atoms with Crippen molar-refractivity contribution in [3.63, 3.8) is 0 Å². The quantitative estimate of drug-likeness (QED) is 0.164. The lowest BCUT2D eigenvalue weighted by molar-refractivity contribution is 0.668. The van der Waals surface area contributed by atoms with Crippen molar-refractivity contribution in [3.05, 3.63) is 212 Å². The molecular formula is C54H35NO2. The van der Waals surface area contributed by atoms with Gasteiger partial charge in [0.15, 0.2) is 0 Å². The summed E-state index contributed by atoms with van der Waals surface area (Å²) in [5.74, 6) is 0. The molecule has 0 unspecified atom stereocenters. The summed E-state index contributed by atoms with van der Waals surface area (Å²) < 4.78 is 13.1. The number of benzene rings is 9. The Balaban J connectivity index is 1.22. The number of hydrogen-bond donors (Lipinski definition) is 0. The van der Waals surface area contributed by atoms with Crippen LogP contribution in [0.25, 0.3) is 88.4 Å². The Morgan fingerprint density at radius 2 is 0.754 bits per heavy atom. The molecule has 0 atom stereocenters. The molecule has 11 aromatic rings. The minimum atomic E-state index is 0.841. The zero-order chi connectivity index (χ0) is 37.7. The van der Waals surface area contributed by atoms with Gasteiger partial charge in [-0.2, -0.15) is 0 Å². The normalized spacial score (nSPS) is 11.5. The van der Waals surface area contributed by atoms with Gasteiger partial charge in [-0.3, -0.25) is 0 Å². The lowest BCUT2D eigenvalue weighted by atomic mass is 9.90. The third-order valence-corrected chi connectivity index (χ3v) is 11.1. The highest BCUT2D eigenvalue weighted by molar-refractivity contribution is 6.17. The number of furan rings is 2. The van der Waals surface area contributed by atoms with Crippen LogP contribution in [0.15, 0.2) is 221 Å². The summed E-state index contributed by atoms with van der Waals surface area (Å²) in [6, 6.07) is 75.2. The predicted octanol–water partition coefficient (Wildman–Crippen LogP) is 15.6. The van der Waals surface area contributed by atoms with Gasteiger partial charge in [-0.05, 0) is 106 Å². The van der Waals surface area contributed by atoms with Crippen LogP contribution in [-0.4, -0.2) is 0 Å². The van der Waals surface area contributed by atoms with Gasteiger partial charge in [0.25, 0.3) is 0 Å². The van der Waals surface area contributed by atoms with E-state index in [-0.39, 0.29) is 0 Å². The number of anilines is 3. The maximum atomic E-state index is 6.61. The zero-order valence-electron chi connectivity index (χ0n) is 31.0. The van der Waals surface area contributed by atoms with E-state index in [1.165, 1.54) is 5.56 Å². The van der Waals surface area contributed by atoms with E-state index in [1.54, 1.807) is 0 Å². The Bertz CT molecular complexity index is 3160. The minimum Gasteiger partial charge on any atom is -0.456 e. The first-order valence-electron chi connectivity index (χ1n) is 19.3. The molecule has 3 nitrogen and oxygen atoms in total. The van der Waals surface area contributed by atoms with Gasteiger partial charge in [-0.1, -0.05) is 140 Å². The lowest BCUT2D eigenvalue weighted by Crippen LogP contribution is -2.11. The smallest absolute Gasteiger partial charge is 0.137 e. The Morgan fingerprint density at radius 1 is 0.281 bits per heavy atom. The van der Waals surface area contributed by atoms with Crippen LogP contribution in [0, 0.1) is 0 Å². The van der Waals surface area contributed by atoms with Crippen LogP contribution in [0.3, 0.4) is 0 Å². The summed E-state index contributed by atoms with van der Waals surface area (Å²) >= 11 is 0. The summed E-state index contributed by atoms with van der Waals surface area (Å²) in [7, 11) is 0. The second-order valence-electron chi connectivity index (χ2n) is 14.5. The van der Waals surface area contributed by atoms with E-state index in [0.29, 0.717) is 0 Å². The lowest BCUT2D eigenvalue weighted by Gasteiger charge is -2.29. The average Bonchev–Trinajstić information content (AvgIpc) is 3.86. The Hall–Kier alpha value is -7.62. The maximum Gasteiger partial charge on any atom is 0.137 e. The van der Waals surface area contributed by atoms with Crippen LogP contribution in [0.2, 0.25) is 0 Å². The van der Waals surface area contributed by atoms with Crippen molar-refractivity contribution >= 4 is 60.9 Å². The SMILES string of the molecule is c1ccc(-c2ccc(N(c3ccc4c(c3)oc3ccccc34)c3ccc4oc5ccccc5c4c3-c3cc(-c4ccccc4)cc(-c4ccccc4)c3)cc2)cc1. The van der Waals surface area contributed by atoms with Gasteiger partial charge < -0.3 is 13.7 Å². The minimum absolute atomic E-state index is 0.841. The molecule has 9 aromatic carbocycles. The van der Waals surface area contributed by atoms with Crippen molar-refractivity contribution in [2.45, 2.75) is 0 Å². The Morgan fingerprint density at radius 3 is 1.40 bits per heavy atom. The maximum absolute atomic E-state index is 6.61. The monoisotopic (exact) mass is 729 g/mol. The molecule has 0 aliphatic carbocycles. The molecule has 268 valence electrons. The molecule has 0 radical (unpaired) electrons. The second-order valence-corrected chi connectivity index (χ2v) is 14.5. The Labute approximate surface area is 330 Å². The van der Waals surface area contributed by atoms with Crippen molar-refractivity contribution in [1.82, 2.24) is 0 Å². The van der Waals surface area contributed by atoms with E-state index in [2.05, 4.69) is 199 Å². The molecule has 57 heavy (non-hydrogen) atoms. The first kappa shape index (κ1) is 32.8. The topological polar surface area (TPSA) is 29.5 Å². The number of hydrogen-bond acceptors (Lipinski definition) is 3. The van der Waals surface area contributed by atoms with Gasteiger partial charge >= 0.3 is 0 Å². The molecule has 0 amide bonds. The van der Waals surface area contributed by atoms with Crippen LogP contribution in [-0.2, 0) is 0 Å². The van der Waals surface area contributed by atoms with Gasteiger partial charge in [0.05, 0.1) is 5.69 Å². The third kappa shape index (κ3) is 5.76. The van der Waals surface area contributed by atoms with Crippen molar-refractivity contribution in [2.24, 2.45) is 0 Å². The molecule has 0 saturated heterocycles. The molecule has 0 aliphatic heterocycles. The van der Waals surface area contributed by atoms with E-state index >= 15 is 0 Å². The fourth-order valence-electron chi connectivity index (χ4n) is 8.37. The molecule has 11 rings (SSSR count). The van der Waals surface area contributed by atoms with Gasteiger partial charge in [0.2, 0.25) is 0 Å². The third-order valence-electron chi connectivity index (χ3n) is 11.1. The van der Waals surface area contributed by atoms with E-state index < -0.39 is 0 Å². The van der Waals surface area contributed by atoms with Crippen LogP contribution in [0.1, 0.15) is 0 Å². The van der Waals surface area contributed by atoms with Crippen molar-refractivity contribution in [2.75, 3.05) is 4.90 Å². The van der Waals surface area contributed by atoms with Crippen LogP contribution in [0.5, 0.6) is 0 Å². The second kappa shape index (κ2) is 13.6. The highest BCUT2D eigenvalue weighted by Crippen LogP contribution is 2.49. The van der Waals surface area contributed by atoms with E-state index in [9.17, 15) is 0 Å². The molecule has 3 heteroatoms. The molecule has 0 fully saturated rings. The molecule has 0 bridgehead atoms. The molecule has 0 saturated carbocycles. The summed E-state index contributed by atoms with van der Waals surface area (Å²) in [6.45, 7) is 0. The molecule has 0 spiro atoms. The van der Waals surface area contributed by atoms with Crippen LogP contribution in [0.4, 0.5) is 17.1 Å². The van der Waals surface area contributed by atoms with Crippen molar-refractivity contribution in [3.8, 4) is 44.5 Å². The summed E-state index contributed by atoms with van der Waals surface area (Å²) in [5.41, 5.74) is 15.6. The summed E-state index contributed by atoms with van der Waals surface area (Å²) in [5, 5.41) is 4.34. The van der Waals surface area contributed by atoms with Crippen LogP contribution >= 0.6 is 0 Å². The highest BCUT2D eigenvalue weighted by atomic mass is 16.3. The van der Waals surface area contributed by atoms with Gasteiger partial charge in [-0.15, -0.1) is 0 Å². The number of fused-ring (bicyclic) bond motifs is 6. The van der Waals surface area contributed by atoms with E-state index in [4.69, 9.17) is 8.83 Å². The Kier molecular flexibility index (Phi) is 7.82. The molecule has 2 aromatic heterocycles. The standard InChI is InChI=1S/C54H35NO2/c1-4-14-36(15-5-1)39-24-26-43(27-25-39)55(44-28-29-46-45-20-10-12-22-49(45)57-52(46)35-44)48-30-31-51-54(47-21-11-13-23-50(47)56-51)53(48)42-33-40(37-16-6-2-7-17-37)32-41(34-42)38-18-8-3-9-19-38/h1-35H. The van der Waals surface area contributed by atoms with Crippen LogP contribution < -0.4 is 4.90 Å². The first-order valence-corrected chi connectivity index (χ1v) is 19.3. The van der Waals surface area contributed by atoms with E-state index in [1.807, 2.05) is 18.2 Å². The fourth-order valence-corrected chi connectivity index (χ4v) is 8.37. The van der Waals surface area contributed by atoms with Gasteiger partial charge in [-0.25, -0.2) is 0 Å². The number of nitrogens with zero attached hydrogens (tertiary/aromatic N) is 1. The largest absolute Gasteiger partial charge is 0.456 e. The highest BCUT2D eigenvalue weighted by Gasteiger charge is 2.24. The van der Waals surface area contributed by atoms with Crippen molar-refractivity contribution < 1.29 is 8.83 Å². The summed E-state index contributed by atoms with van der Waals surface area (Å²) in [6.07, 6.45) is 0. The molecule has 0 aliphatic rings. The predicted molar refractivity (Wildman–Crippen MR) is 237 cm³/mol. The van der Waals surface area contributed by atoms with E-state index in [0.717, 1.165) is 99.9 Å². The van der Waals surface area contributed by atoms with Crippen molar-refractivity contribution in [1.29, 1.82) is 0 Å². The molecular weight excluding hydrogens is 695 g/mol. The van der Waals surface area contributed by atoms with Gasteiger partial charge in [0.1, 0.15) is 22.3 Å². The summed E-state index contributed by atoms with van der Waals surface area (Å²) in [4.78, 5) is 2.37. The van der Waals surface area contributed by atoms with Gasteiger partial charge in [0, 0.05) is 44.5 Å².